The number of halogens is 3. The Morgan fingerprint density at radius 3 is 2.42 bits per heavy atom. The van der Waals surface area contributed by atoms with Gasteiger partial charge in [0.15, 0.2) is 0 Å². The third-order valence-electron chi connectivity index (χ3n) is 5.40. The molecule has 0 radical (unpaired) electrons. The molecule has 0 atom stereocenters. The van der Waals surface area contributed by atoms with Crippen LogP contribution in [0.25, 0.3) is 10.6 Å². The molecule has 0 aliphatic rings. The summed E-state index contributed by atoms with van der Waals surface area (Å²) in [6.07, 6.45) is -4.48. The summed E-state index contributed by atoms with van der Waals surface area (Å²) < 4.78 is 44.5. The lowest BCUT2D eigenvalue weighted by atomic mass is 10.1. The highest BCUT2D eigenvalue weighted by atomic mass is 32.2. The summed E-state index contributed by atoms with van der Waals surface area (Å²) in [4.78, 5) is 17.8. The number of benzene rings is 3. The average Bonchev–Trinajstić information content (AvgIpc) is 3.20. The first-order valence-electron chi connectivity index (χ1n) is 10.9. The number of thiazole rings is 1. The number of hydrogen-bond donors (Lipinski definition) is 1. The van der Waals surface area contributed by atoms with Gasteiger partial charge in [0.2, 0.25) is 0 Å². The molecule has 1 heterocycles. The van der Waals surface area contributed by atoms with Crippen molar-refractivity contribution in [1.82, 2.24) is 4.98 Å². The molecule has 0 saturated heterocycles. The summed E-state index contributed by atoms with van der Waals surface area (Å²) in [5.41, 5.74) is 2.36. The van der Waals surface area contributed by atoms with Crippen molar-refractivity contribution >= 4 is 29.1 Å². The largest absolute Gasteiger partial charge is 0.481 e. The monoisotopic (exact) mass is 529 g/mol. The smallest absolute Gasteiger partial charge is 0.416 e. The first kappa shape index (κ1) is 25.8. The predicted molar refractivity (Wildman–Crippen MR) is 136 cm³/mol. The molecule has 3 aromatic carbocycles. The molecular weight excluding hydrogens is 507 g/mol. The zero-order valence-corrected chi connectivity index (χ0v) is 21.1. The fourth-order valence-electron chi connectivity index (χ4n) is 3.49. The molecule has 186 valence electrons. The molecule has 1 N–H and O–H groups in total. The molecule has 0 bridgehead atoms. The zero-order valence-electron chi connectivity index (χ0n) is 19.4. The first-order chi connectivity index (χ1) is 17.1. The quantitative estimate of drug-likeness (QED) is 0.233. The number of para-hydroxylation sites is 1. The lowest BCUT2D eigenvalue weighted by Gasteiger charge is -2.13. The van der Waals surface area contributed by atoms with Crippen LogP contribution < -0.4 is 4.74 Å². The minimum atomic E-state index is -4.36. The predicted octanol–water partition coefficient (Wildman–Crippen LogP) is 8.16. The van der Waals surface area contributed by atoms with Crippen LogP contribution in [0.5, 0.6) is 11.5 Å². The Bertz CT molecular complexity index is 1380. The van der Waals surface area contributed by atoms with Gasteiger partial charge in [0.05, 0.1) is 17.7 Å². The highest BCUT2D eigenvalue weighted by Gasteiger charge is 2.30. The van der Waals surface area contributed by atoms with Crippen LogP contribution in [0.2, 0.25) is 0 Å². The fourth-order valence-corrected chi connectivity index (χ4v) is 5.70. The van der Waals surface area contributed by atoms with E-state index in [1.807, 2.05) is 32.0 Å². The summed E-state index contributed by atoms with van der Waals surface area (Å²) in [5, 5.41) is 9.82. The summed E-state index contributed by atoms with van der Waals surface area (Å²) >= 11 is 3.11. The summed E-state index contributed by atoms with van der Waals surface area (Å²) in [5.74, 6) is 0.912. The zero-order chi connectivity index (χ0) is 25.9. The van der Waals surface area contributed by atoms with Crippen LogP contribution in [0.1, 0.15) is 27.3 Å². The van der Waals surface area contributed by atoms with E-state index in [1.165, 1.54) is 23.5 Å². The second kappa shape index (κ2) is 10.8. The minimum Gasteiger partial charge on any atom is -0.481 e. The number of thioether (sulfide) groups is 1. The Kier molecular flexibility index (Phi) is 7.70. The van der Waals surface area contributed by atoms with Gasteiger partial charge in [-0.3, -0.25) is 4.79 Å². The number of aryl methyl sites for hydroxylation is 2. The van der Waals surface area contributed by atoms with Crippen LogP contribution in [0.15, 0.2) is 71.6 Å². The summed E-state index contributed by atoms with van der Waals surface area (Å²) in [6, 6.07) is 17.9. The van der Waals surface area contributed by atoms with Crippen molar-refractivity contribution in [3.63, 3.8) is 0 Å². The molecule has 4 aromatic rings. The Morgan fingerprint density at radius 1 is 1.03 bits per heavy atom. The number of carbonyl (C=O) groups is 1. The van der Waals surface area contributed by atoms with Crippen molar-refractivity contribution in [2.75, 3.05) is 0 Å². The molecule has 0 saturated carbocycles. The van der Waals surface area contributed by atoms with E-state index in [4.69, 9.17) is 9.84 Å². The van der Waals surface area contributed by atoms with Crippen molar-refractivity contribution < 1.29 is 27.8 Å². The van der Waals surface area contributed by atoms with Crippen LogP contribution in [0.3, 0.4) is 0 Å². The minimum absolute atomic E-state index is 0.119. The molecule has 0 fully saturated rings. The molecule has 4 nitrogen and oxygen atoms in total. The third-order valence-corrected chi connectivity index (χ3v) is 7.81. The van der Waals surface area contributed by atoms with Crippen molar-refractivity contribution in [2.24, 2.45) is 0 Å². The summed E-state index contributed by atoms with van der Waals surface area (Å²) in [7, 11) is 0. The van der Waals surface area contributed by atoms with Crippen molar-refractivity contribution in [3.8, 4) is 22.1 Å². The second-order valence-corrected chi connectivity index (χ2v) is 10.2. The van der Waals surface area contributed by atoms with Gasteiger partial charge in [-0.05, 0) is 55.8 Å². The van der Waals surface area contributed by atoms with E-state index >= 15 is 0 Å². The fraction of sp³-hybridized carbons (Fsp3) is 0.185. The lowest BCUT2D eigenvalue weighted by Crippen LogP contribution is -2.03. The normalized spacial score (nSPS) is 11.5. The highest BCUT2D eigenvalue weighted by molar-refractivity contribution is 7.98. The van der Waals surface area contributed by atoms with Gasteiger partial charge in [0, 0.05) is 26.7 Å². The number of ether oxygens (including phenoxy) is 1. The molecule has 36 heavy (non-hydrogen) atoms. The first-order valence-corrected chi connectivity index (χ1v) is 12.8. The van der Waals surface area contributed by atoms with Crippen LogP contribution >= 0.6 is 23.1 Å². The summed E-state index contributed by atoms with van der Waals surface area (Å²) in [6.45, 7) is 3.83. The molecule has 9 heteroatoms. The number of carboxylic acids is 1. The topological polar surface area (TPSA) is 59.4 Å². The molecule has 0 amide bonds. The highest BCUT2D eigenvalue weighted by Crippen LogP contribution is 2.36. The van der Waals surface area contributed by atoms with Gasteiger partial charge >= 0.3 is 12.1 Å². The number of rotatable bonds is 8. The van der Waals surface area contributed by atoms with Gasteiger partial charge in [0.25, 0.3) is 0 Å². The van der Waals surface area contributed by atoms with Gasteiger partial charge < -0.3 is 9.84 Å². The van der Waals surface area contributed by atoms with Crippen LogP contribution in [-0.2, 0) is 23.1 Å². The van der Waals surface area contributed by atoms with E-state index in [2.05, 4.69) is 4.98 Å². The van der Waals surface area contributed by atoms with Crippen molar-refractivity contribution in [3.05, 3.63) is 94.0 Å². The second-order valence-electron chi connectivity index (χ2n) is 8.10. The lowest BCUT2D eigenvalue weighted by molar-refractivity contribution is -0.138. The maximum Gasteiger partial charge on any atom is 0.416 e. The molecule has 0 spiro atoms. The average molecular weight is 530 g/mol. The number of aromatic nitrogens is 1. The van der Waals surface area contributed by atoms with Crippen LogP contribution in [0.4, 0.5) is 13.2 Å². The molecule has 1 aromatic heterocycles. The SMILES string of the molecule is Cc1cc(SCc2sc(-c3ccc(C(F)(F)F)cc3)nc2C)ccc1Oc1ccccc1CC(=O)O. The molecular formula is C27H22F3NO3S2. The van der Waals surface area contributed by atoms with E-state index in [-0.39, 0.29) is 6.42 Å². The van der Waals surface area contributed by atoms with Gasteiger partial charge in [-0.2, -0.15) is 13.2 Å². The van der Waals surface area contributed by atoms with Gasteiger partial charge in [-0.1, -0.05) is 30.3 Å². The van der Waals surface area contributed by atoms with E-state index in [0.29, 0.717) is 33.4 Å². The van der Waals surface area contributed by atoms with Gasteiger partial charge in [-0.15, -0.1) is 23.1 Å². The van der Waals surface area contributed by atoms with E-state index in [0.717, 1.165) is 33.2 Å². The number of carboxylic acid groups (broad SMARTS) is 1. The van der Waals surface area contributed by atoms with Gasteiger partial charge in [-0.25, -0.2) is 4.98 Å². The Balaban J connectivity index is 1.43. The number of hydrogen-bond acceptors (Lipinski definition) is 5. The Labute approximate surface area is 214 Å². The molecule has 0 unspecified atom stereocenters. The van der Waals surface area contributed by atoms with E-state index in [1.54, 1.807) is 36.0 Å². The maximum atomic E-state index is 12.8. The standard InChI is InChI=1S/C27H22F3NO3S2/c1-16-13-21(11-12-22(16)34-23-6-4-3-5-19(23)14-25(32)33)35-15-24-17(2)31-26(36-24)18-7-9-20(10-8-18)27(28,29)30/h3-13H,14-15H2,1-2H3,(H,32,33). The van der Waals surface area contributed by atoms with E-state index < -0.39 is 17.7 Å². The van der Waals surface area contributed by atoms with Crippen molar-refractivity contribution in [2.45, 2.75) is 37.1 Å². The van der Waals surface area contributed by atoms with Crippen molar-refractivity contribution in [1.29, 1.82) is 0 Å². The van der Waals surface area contributed by atoms with Crippen LogP contribution in [0, 0.1) is 13.8 Å². The van der Waals surface area contributed by atoms with Crippen LogP contribution in [-0.4, -0.2) is 16.1 Å². The molecule has 0 aliphatic heterocycles. The van der Waals surface area contributed by atoms with Gasteiger partial charge in [0.1, 0.15) is 16.5 Å². The number of nitrogens with zero attached hydrogens (tertiary/aromatic N) is 1. The van der Waals surface area contributed by atoms with E-state index in [9.17, 15) is 18.0 Å². The Hall–Kier alpha value is -3.30. The molecule has 0 aliphatic carbocycles. The maximum absolute atomic E-state index is 12.8. The Morgan fingerprint density at radius 2 is 1.75 bits per heavy atom. The molecule has 4 rings (SSSR count). The number of alkyl halides is 3. The third kappa shape index (κ3) is 6.27. The number of aliphatic carboxylic acids is 1.